The average Bonchev–Trinajstić information content (AvgIpc) is 2.84. The summed E-state index contributed by atoms with van der Waals surface area (Å²) in [7, 11) is 0. The van der Waals surface area contributed by atoms with Crippen molar-refractivity contribution >= 4 is 11.6 Å². The summed E-state index contributed by atoms with van der Waals surface area (Å²) in [5.74, 6) is 0.145. The predicted molar refractivity (Wildman–Crippen MR) is 141 cm³/mol. The fourth-order valence-electron chi connectivity index (χ4n) is 4.88. The van der Waals surface area contributed by atoms with Gasteiger partial charge in [-0.05, 0) is 80.0 Å². The monoisotopic (exact) mass is 455 g/mol. The number of nitrogens with zero attached hydrogens (tertiary/aromatic N) is 2. The van der Waals surface area contributed by atoms with Gasteiger partial charge >= 0.3 is 0 Å². The Labute approximate surface area is 204 Å². The number of fused-ring (bicyclic) bond motifs is 1. The Morgan fingerprint density at radius 2 is 1.74 bits per heavy atom. The van der Waals surface area contributed by atoms with Gasteiger partial charge in [0.2, 0.25) is 0 Å². The van der Waals surface area contributed by atoms with Gasteiger partial charge in [-0.2, -0.15) is 0 Å². The zero-order chi connectivity index (χ0) is 23.9. The molecule has 4 rings (SSSR count). The second kappa shape index (κ2) is 11.3. The van der Waals surface area contributed by atoms with Crippen LogP contribution in [0.5, 0.6) is 0 Å². The minimum atomic E-state index is 0.145. The van der Waals surface area contributed by atoms with Crippen LogP contribution in [0.2, 0.25) is 0 Å². The smallest absolute Gasteiger partial charge is 0.254 e. The Bertz CT molecular complexity index is 1090. The highest BCUT2D eigenvalue weighted by Crippen LogP contribution is 2.24. The van der Waals surface area contributed by atoms with E-state index in [1.807, 2.05) is 29.2 Å². The molecule has 0 radical (unpaired) electrons. The van der Waals surface area contributed by atoms with E-state index < -0.39 is 0 Å². The van der Waals surface area contributed by atoms with Crippen LogP contribution in [0.3, 0.4) is 0 Å². The molecule has 1 aliphatic rings. The van der Waals surface area contributed by atoms with Gasteiger partial charge in [-0.15, -0.1) is 0 Å². The summed E-state index contributed by atoms with van der Waals surface area (Å²) < 4.78 is 0. The quantitative estimate of drug-likeness (QED) is 0.333. The number of nitrogens with two attached hydrogens (primary N) is 1. The van der Waals surface area contributed by atoms with Crippen LogP contribution in [-0.2, 0) is 25.9 Å². The molecule has 0 fully saturated rings. The molecule has 34 heavy (non-hydrogen) atoms. The van der Waals surface area contributed by atoms with Crippen LogP contribution in [-0.4, -0.2) is 34.8 Å². The minimum Gasteiger partial charge on any atom is -0.399 e. The molecule has 0 unspecified atom stereocenters. The van der Waals surface area contributed by atoms with Gasteiger partial charge < -0.3 is 10.6 Å². The number of hydrogen-bond donors (Lipinski definition) is 1. The van der Waals surface area contributed by atoms with E-state index in [0.29, 0.717) is 0 Å². The molecule has 0 aliphatic carbocycles. The van der Waals surface area contributed by atoms with E-state index in [4.69, 9.17) is 5.73 Å². The van der Waals surface area contributed by atoms with Gasteiger partial charge in [0.05, 0.1) is 0 Å². The average molecular weight is 456 g/mol. The number of hydrogen-bond acceptors (Lipinski definition) is 3. The summed E-state index contributed by atoms with van der Waals surface area (Å²) in [5.41, 5.74) is 12.8. The largest absolute Gasteiger partial charge is 0.399 e. The van der Waals surface area contributed by atoms with Gasteiger partial charge in [-0.3, -0.25) is 9.69 Å². The number of nitrogen functional groups attached to an aromatic ring is 1. The third-order valence-corrected chi connectivity index (χ3v) is 6.80. The summed E-state index contributed by atoms with van der Waals surface area (Å²) in [6.45, 7) is 7.65. The third-order valence-electron chi connectivity index (χ3n) is 6.80. The van der Waals surface area contributed by atoms with Crippen LogP contribution >= 0.6 is 0 Å². The first kappa shape index (κ1) is 24.0. The predicted octanol–water partition coefficient (Wildman–Crippen LogP) is 5.70. The molecule has 0 saturated carbocycles. The lowest BCUT2D eigenvalue weighted by Crippen LogP contribution is -2.38. The lowest BCUT2D eigenvalue weighted by atomic mass is 9.98. The number of carbonyl (C=O) groups excluding carboxylic acids is 1. The number of amides is 1. The molecule has 4 heteroatoms. The van der Waals surface area contributed by atoms with Gasteiger partial charge in [0.25, 0.3) is 5.91 Å². The van der Waals surface area contributed by atoms with Crippen LogP contribution < -0.4 is 5.73 Å². The van der Waals surface area contributed by atoms with E-state index in [1.165, 1.54) is 16.7 Å². The number of rotatable bonds is 9. The first-order chi connectivity index (χ1) is 16.5. The SMILES string of the molecule is CC(C)N(CCCCc1ccccc1)C(=O)c1ccccc1CN1CCc2ccc(N)cc2C1. The fourth-order valence-corrected chi connectivity index (χ4v) is 4.88. The first-order valence-corrected chi connectivity index (χ1v) is 12.5. The molecule has 0 aromatic heterocycles. The topological polar surface area (TPSA) is 49.6 Å². The molecule has 4 nitrogen and oxygen atoms in total. The van der Waals surface area contributed by atoms with Crippen molar-refractivity contribution < 1.29 is 4.79 Å². The van der Waals surface area contributed by atoms with Crippen molar-refractivity contribution in [2.75, 3.05) is 18.8 Å². The van der Waals surface area contributed by atoms with E-state index in [9.17, 15) is 4.79 Å². The zero-order valence-corrected chi connectivity index (χ0v) is 20.5. The summed E-state index contributed by atoms with van der Waals surface area (Å²) in [6.07, 6.45) is 4.16. The van der Waals surface area contributed by atoms with Crippen molar-refractivity contribution in [3.8, 4) is 0 Å². The molecule has 178 valence electrons. The molecule has 0 spiro atoms. The Kier molecular flexibility index (Phi) is 8.02. The number of carbonyl (C=O) groups is 1. The fraction of sp³-hybridized carbons (Fsp3) is 0.367. The highest BCUT2D eigenvalue weighted by molar-refractivity contribution is 5.95. The minimum absolute atomic E-state index is 0.145. The Hall–Kier alpha value is -3.11. The van der Waals surface area contributed by atoms with Gasteiger partial charge in [0, 0.05) is 43.5 Å². The molecule has 1 heterocycles. The summed E-state index contributed by atoms with van der Waals surface area (Å²) in [5, 5.41) is 0. The maximum atomic E-state index is 13.6. The van der Waals surface area contributed by atoms with Crippen molar-refractivity contribution in [1.82, 2.24) is 9.80 Å². The molecule has 3 aromatic carbocycles. The molecular formula is C30H37N3O. The summed E-state index contributed by atoms with van der Waals surface area (Å²) in [4.78, 5) is 18.1. The molecule has 1 amide bonds. The van der Waals surface area contributed by atoms with Crippen molar-refractivity contribution in [2.45, 2.75) is 58.7 Å². The Morgan fingerprint density at radius 3 is 2.53 bits per heavy atom. The molecule has 0 atom stereocenters. The standard InChI is InChI=1S/C30H37N3O/c1-23(2)33(18-9-8-12-24-10-4-3-5-11-24)30(34)29-14-7-6-13-26(29)21-32-19-17-25-15-16-28(31)20-27(25)22-32/h3-7,10-11,13-16,20,23H,8-9,12,17-19,21-22,31H2,1-2H3. The Morgan fingerprint density at radius 1 is 0.971 bits per heavy atom. The summed E-state index contributed by atoms with van der Waals surface area (Å²) in [6, 6.07) is 25.1. The van der Waals surface area contributed by atoms with Crippen LogP contribution in [0.4, 0.5) is 5.69 Å². The lowest BCUT2D eigenvalue weighted by Gasteiger charge is -2.31. The van der Waals surface area contributed by atoms with Gasteiger partial charge in [-0.25, -0.2) is 0 Å². The maximum absolute atomic E-state index is 13.6. The van der Waals surface area contributed by atoms with Crippen LogP contribution in [0.1, 0.15) is 59.3 Å². The van der Waals surface area contributed by atoms with Gasteiger partial charge in [0.1, 0.15) is 0 Å². The second-order valence-corrected chi connectivity index (χ2v) is 9.68. The number of aryl methyl sites for hydroxylation is 1. The molecule has 2 N–H and O–H groups in total. The second-order valence-electron chi connectivity index (χ2n) is 9.68. The van der Waals surface area contributed by atoms with Crippen molar-refractivity contribution in [2.24, 2.45) is 0 Å². The van der Waals surface area contributed by atoms with Crippen molar-refractivity contribution in [3.05, 3.63) is 101 Å². The van der Waals surface area contributed by atoms with Gasteiger partial charge in [0.15, 0.2) is 0 Å². The number of unbranched alkanes of at least 4 members (excludes halogenated alkanes) is 1. The van der Waals surface area contributed by atoms with Gasteiger partial charge in [-0.1, -0.05) is 54.6 Å². The molecular weight excluding hydrogens is 418 g/mol. The van der Waals surface area contributed by atoms with E-state index in [1.54, 1.807) is 0 Å². The van der Waals surface area contributed by atoms with E-state index >= 15 is 0 Å². The van der Waals surface area contributed by atoms with E-state index in [0.717, 1.165) is 68.7 Å². The highest BCUT2D eigenvalue weighted by Gasteiger charge is 2.23. The normalized spacial score (nSPS) is 13.6. The molecule has 3 aromatic rings. The maximum Gasteiger partial charge on any atom is 0.254 e. The van der Waals surface area contributed by atoms with Crippen molar-refractivity contribution in [1.29, 1.82) is 0 Å². The number of benzene rings is 3. The molecule has 0 bridgehead atoms. The lowest BCUT2D eigenvalue weighted by molar-refractivity contribution is 0.0700. The zero-order valence-electron chi connectivity index (χ0n) is 20.5. The molecule has 1 aliphatic heterocycles. The first-order valence-electron chi connectivity index (χ1n) is 12.5. The molecule has 0 saturated heterocycles. The van der Waals surface area contributed by atoms with Crippen LogP contribution in [0.15, 0.2) is 72.8 Å². The van der Waals surface area contributed by atoms with E-state index in [2.05, 4.69) is 67.3 Å². The van der Waals surface area contributed by atoms with E-state index in [-0.39, 0.29) is 11.9 Å². The summed E-state index contributed by atoms with van der Waals surface area (Å²) >= 11 is 0. The van der Waals surface area contributed by atoms with Crippen LogP contribution in [0, 0.1) is 0 Å². The Balaban J connectivity index is 1.41. The number of anilines is 1. The highest BCUT2D eigenvalue weighted by atomic mass is 16.2. The third kappa shape index (κ3) is 6.06. The van der Waals surface area contributed by atoms with Crippen LogP contribution in [0.25, 0.3) is 0 Å². The van der Waals surface area contributed by atoms with Crippen molar-refractivity contribution in [3.63, 3.8) is 0 Å².